The number of carboxylic acids is 1. The highest BCUT2D eigenvalue weighted by atomic mass is 19.4. The quantitative estimate of drug-likeness (QED) is 0.598. The van der Waals surface area contributed by atoms with Crippen molar-refractivity contribution in [3.8, 4) is 0 Å². The van der Waals surface area contributed by atoms with E-state index in [-0.39, 0.29) is 19.3 Å². The van der Waals surface area contributed by atoms with E-state index in [1.165, 1.54) is 14.0 Å². The van der Waals surface area contributed by atoms with Crippen molar-refractivity contribution in [1.82, 2.24) is 0 Å². The summed E-state index contributed by atoms with van der Waals surface area (Å²) in [4.78, 5) is 19.6. The molecule has 0 aromatic heterocycles. The molecule has 0 radical (unpaired) electrons. The fourth-order valence-corrected chi connectivity index (χ4v) is 0.813. The number of carbonyl (C=O) groups is 2. The van der Waals surface area contributed by atoms with E-state index in [4.69, 9.17) is 15.6 Å². The molecule has 1 atom stereocenters. The molecule has 0 unspecified atom stereocenters. The molecule has 0 rings (SSSR count). The number of aliphatic carboxylic acids is 1. The van der Waals surface area contributed by atoms with Crippen molar-refractivity contribution < 1.29 is 41.4 Å². The maximum Gasteiger partial charge on any atom is 0.490 e. The van der Waals surface area contributed by atoms with Crippen molar-refractivity contribution in [1.29, 1.82) is 0 Å². The van der Waals surface area contributed by atoms with Gasteiger partial charge in [0.15, 0.2) is 0 Å². The highest BCUT2D eigenvalue weighted by Crippen LogP contribution is 2.24. The summed E-state index contributed by atoms with van der Waals surface area (Å²) >= 11 is 0. The second-order valence-electron chi connectivity index (χ2n) is 3.68. The van der Waals surface area contributed by atoms with Crippen LogP contribution in [0.5, 0.6) is 0 Å². The predicted octanol–water partition coefficient (Wildman–Crippen LogP) is 1.95. The van der Waals surface area contributed by atoms with Gasteiger partial charge in [-0.25, -0.2) is 13.6 Å². The molecule has 0 heterocycles. The number of ether oxygens (including phenoxy) is 1. The molecule has 0 aliphatic rings. The average molecular weight is 309 g/mol. The zero-order valence-electron chi connectivity index (χ0n) is 10.8. The van der Waals surface area contributed by atoms with Gasteiger partial charge in [-0.3, -0.25) is 4.79 Å². The Morgan fingerprint density at radius 3 is 1.90 bits per heavy atom. The predicted molar refractivity (Wildman–Crippen MR) is 58.2 cm³/mol. The van der Waals surface area contributed by atoms with Crippen LogP contribution >= 0.6 is 0 Å². The summed E-state index contributed by atoms with van der Waals surface area (Å²) in [5, 5.41) is 7.12. The van der Waals surface area contributed by atoms with Gasteiger partial charge < -0.3 is 15.6 Å². The van der Waals surface area contributed by atoms with Gasteiger partial charge in [-0.2, -0.15) is 13.2 Å². The number of hydrogen-bond acceptors (Lipinski definition) is 4. The molecule has 0 saturated heterocycles. The first-order valence-electron chi connectivity index (χ1n) is 5.38. The lowest BCUT2D eigenvalue weighted by molar-refractivity contribution is -0.192. The van der Waals surface area contributed by atoms with Crippen LogP contribution in [-0.4, -0.2) is 42.3 Å². The topological polar surface area (TPSA) is 89.6 Å². The Morgan fingerprint density at radius 1 is 1.25 bits per heavy atom. The standard InChI is InChI=1S/C8H15F2NO2.C2HF3O2/c1-3-8(9,10)5-4-6(11)7(12)13-2;3-2(4,5)1(6)7/h6H,3-5,11H2,1-2H3;(H,6,7)/t6-;/m0./s1. The minimum atomic E-state index is -5.08. The first-order chi connectivity index (χ1) is 8.87. The van der Waals surface area contributed by atoms with Crippen LogP contribution in [0.1, 0.15) is 26.2 Å². The molecule has 20 heavy (non-hydrogen) atoms. The summed E-state index contributed by atoms with van der Waals surface area (Å²) in [5.74, 6) is -6.13. The molecule has 0 aromatic rings. The lowest BCUT2D eigenvalue weighted by Crippen LogP contribution is -2.33. The van der Waals surface area contributed by atoms with Gasteiger partial charge in [-0.1, -0.05) is 6.92 Å². The zero-order chi connectivity index (χ0) is 16.6. The van der Waals surface area contributed by atoms with E-state index in [0.717, 1.165) is 0 Å². The van der Waals surface area contributed by atoms with Crippen LogP contribution in [0.15, 0.2) is 0 Å². The Bertz CT molecular complexity index is 319. The molecule has 0 fully saturated rings. The van der Waals surface area contributed by atoms with Crippen molar-refractivity contribution in [2.45, 2.75) is 44.3 Å². The Balaban J connectivity index is 0. The number of hydrogen-bond donors (Lipinski definition) is 2. The molecule has 0 aromatic carbocycles. The highest BCUT2D eigenvalue weighted by Gasteiger charge is 2.38. The van der Waals surface area contributed by atoms with E-state index < -0.39 is 30.1 Å². The van der Waals surface area contributed by atoms with Gasteiger partial charge in [-0.05, 0) is 6.42 Å². The van der Waals surface area contributed by atoms with Crippen LogP contribution in [0.4, 0.5) is 22.0 Å². The first-order valence-corrected chi connectivity index (χ1v) is 5.38. The van der Waals surface area contributed by atoms with Crippen LogP contribution in [0, 0.1) is 0 Å². The lowest BCUT2D eigenvalue weighted by Gasteiger charge is -2.15. The van der Waals surface area contributed by atoms with Crippen LogP contribution in [0.3, 0.4) is 0 Å². The van der Waals surface area contributed by atoms with E-state index in [9.17, 15) is 26.7 Å². The fraction of sp³-hybridized carbons (Fsp3) is 0.800. The Labute approximate surface area is 111 Å². The van der Waals surface area contributed by atoms with Gasteiger partial charge in [0.2, 0.25) is 5.92 Å². The van der Waals surface area contributed by atoms with Gasteiger partial charge in [0.1, 0.15) is 6.04 Å². The first kappa shape index (κ1) is 20.9. The maximum atomic E-state index is 12.7. The Morgan fingerprint density at radius 2 is 1.65 bits per heavy atom. The molecule has 0 aliphatic carbocycles. The molecular weight excluding hydrogens is 293 g/mol. The summed E-state index contributed by atoms with van der Waals surface area (Å²) in [6.07, 6.45) is -5.74. The molecule has 0 spiro atoms. The van der Waals surface area contributed by atoms with Gasteiger partial charge in [-0.15, -0.1) is 0 Å². The number of esters is 1. The van der Waals surface area contributed by atoms with Crippen molar-refractivity contribution in [3.05, 3.63) is 0 Å². The molecule has 0 bridgehead atoms. The zero-order valence-corrected chi connectivity index (χ0v) is 10.8. The highest BCUT2D eigenvalue weighted by molar-refractivity contribution is 5.75. The smallest absolute Gasteiger partial charge is 0.475 e. The van der Waals surface area contributed by atoms with E-state index in [1.807, 2.05) is 0 Å². The van der Waals surface area contributed by atoms with Crippen molar-refractivity contribution in [2.24, 2.45) is 5.73 Å². The Kier molecular flexibility index (Phi) is 9.04. The number of rotatable bonds is 5. The second-order valence-corrected chi connectivity index (χ2v) is 3.68. The summed E-state index contributed by atoms with van der Waals surface area (Å²) in [5.41, 5.74) is 5.28. The molecule has 0 aliphatic heterocycles. The number of methoxy groups -OCH3 is 1. The van der Waals surface area contributed by atoms with Crippen molar-refractivity contribution in [2.75, 3.05) is 7.11 Å². The minimum Gasteiger partial charge on any atom is -0.475 e. The average Bonchev–Trinajstić information content (AvgIpc) is 2.34. The minimum absolute atomic E-state index is 0.0481. The third kappa shape index (κ3) is 10.5. The van der Waals surface area contributed by atoms with E-state index in [2.05, 4.69) is 4.74 Å². The molecular formula is C10H16F5NO4. The van der Waals surface area contributed by atoms with Crippen molar-refractivity contribution >= 4 is 11.9 Å². The van der Waals surface area contributed by atoms with E-state index in [0.29, 0.717) is 0 Å². The normalized spacial score (nSPS) is 13.0. The van der Waals surface area contributed by atoms with Crippen LogP contribution in [-0.2, 0) is 14.3 Å². The molecule has 0 amide bonds. The summed E-state index contributed by atoms with van der Waals surface area (Å²) < 4.78 is 61.4. The number of alkyl halides is 5. The summed E-state index contributed by atoms with van der Waals surface area (Å²) in [6, 6.07) is -0.942. The van der Waals surface area contributed by atoms with Crippen molar-refractivity contribution in [3.63, 3.8) is 0 Å². The van der Waals surface area contributed by atoms with Gasteiger partial charge >= 0.3 is 18.1 Å². The van der Waals surface area contributed by atoms with Gasteiger partial charge in [0.25, 0.3) is 0 Å². The third-order valence-corrected chi connectivity index (χ3v) is 2.08. The Hall–Kier alpha value is -1.45. The summed E-state index contributed by atoms with van der Waals surface area (Å²) in [6.45, 7) is 1.39. The monoisotopic (exact) mass is 309 g/mol. The largest absolute Gasteiger partial charge is 0.490 e. The summed E-state index contributed by atoms with van der Waals surface area (Å²) in [7, 11) is 1.18. The lowest BCUT2D eigenvalue weighted by atomic mass is 10.1. The third-order valence-electron chi connectivity index (χ3n) is 2.08. The van der Waals surface area contributed by atoms with Gasteiger partial charge in [0, 0.05) is 12.8 Å². The SMILES string of the molecule is CCC(F)(F)CC[C@H](N)C(=O)OC.O=C(O)C(F)(F)F. The number of carbonyl (C=O) groups excluding carboxylic acids is 1. The van der Waals surface area contributed by atoms with Crippen LogP contribution < -0.4 is 5.73 Å². The van der Waals surface area contributed by atoms with Crippen LogP contribution in [0.25, 0.3) is 0 Å². The molecule has 120 valence electrons. The second kappa shape index (κ2) is 8.67. The molecule has 3 N–H and O–H groups in total. The number of halogens is 5. The molecule has 0 saturated carbocycles. The number of carboxylic acid groups (broad SMARTS) is 1. The molecule has 10 heteroatoms. The van der Waals surface area contributed by atoms with Gasteiger partial charge in [0.05, 0.1) is 7.11 Å². The molecule has 5 nitrogen and oxygen atoms in total. The van der Waals surface area contributed by atoms with E-state index in [1.54, 1.807) is 0 Å². The van der Waals surface area contributed by atoms with E-state index >= 15 is 0 Å². The number of nitrogens with two attached hydrogens (primary N) is 1. The van der Waals surface area contributed by atoms with Crippen LogP contribution in [0.2, 0.25) is 0 Å². The maximum absolute atomic E-state index is 12.7. The fourth-order valence-electron chi connectivity index (χ4n) is 0.813.